The number of rotatable bonds is 13. The first-order valence-corrected chi connectivity index (χ1v) is 9.40. The lowest BCUT2D eigenvalue weighted by molar-refractivity contribution is -0.137. The maximum absolute atomic E-state index is 11.9. The minimum Gasteiger partial charge on any atom is -0.501 e. The zero-order valence-electron chi connectivity index (χ0n) is 15.6. The van der Waals surface area contributed by atoms with Crippen LogP contribution in [0.3, 0.4) is 0 Å². The van der Waals surface area contributed by atoms with E-state index in [1.165, 1.54) is 0 Å². The molecule has 0 unspecified atom stereocenters. The second kappa shape index (κ2) is 12.5. The fourth-order valence-electron chi connectivity index (χ4n) is 3.11. The molecule has 0 aromatic carbocycles. The van der Waals surface area contributed by atoms with Gasteiger partial charge in [0.2, 0.25) is 0 Å². The molecule has 25 heavy (non-hydrogen) atoms. The van der Waals surface area contributed by atoms with E-state index in [1.54, 1.807) is 13.2 Å². The van der Waals surface area contributed by atoms with Gasteiger partial charge in [0.25, 0.3) is 0 Å². The molecule has 4 nitrogen and oxygen atoms in total. The lowest BCUT2D eigenvalue weighted by Crippen LogP contribution is -2.10. The van der Waals surface area contributed by atoms with Crippen LogP contribution in [0, 0.1) is 11.8 Å². The summed E-state index contributed by atoms with van der Waals surface area (Å²) in [6.07, 6.45) is 17.3. The molecule has 0 amide bonds. The molecule has 0 fully saturated rings. The monoisotopic (exact) mass is 348 g/mol. The van der Waals surface area contributed by atoms with Crippen molar-refractivity contribution in [2.45, 2.75) is 64.7 Å². The van der Waals surface area contributed by atoms with Gasteiger partial charge >= 0.3 is 5.97 Å². The Morgan fingerprint density at radius 1 is 1.24 bits per heavy atom. The molecule has 0 heterocycles. The van der Waals surface area contributed by atoms with Crippen molar-refractivity contribution >= 4 is 11.8 Å². The number of carbonyl (C=O) groups excluding carboxylic acids is 1. The minimum absolute atomic E-state index is 0.210. The van der Waals surface area contributed by atoms with E-state index in [-0.39, 0.29) is 18.1 Å². The van der Waals surface area contributed by atoms with Gasteiger partial charge in [-0.05, 0) is 50.2 Å². The third-order valence-electron chi connectivity index (χ3n) is 4.58. The molecule has 140 valence electrons. The quantitative estimate of drug-likeness (QED) is 0.287. The normalized spacial score (nSPS) is 20.3. The molecule has 1 aliphatic carbocycles. The average Bonchev–Trinajstić information content (AvgIpc) is 2.98. The number of ketones is 1. The van der Waals surface area contributed by atoms with E-state index in [9.17, 15) is 9.59 Å². The number of unbranched alkanes of at least 4 members (excludes halogenated alkanes) is 3. The highest BCUT2D eigenvalue weighted by atomic mass is 16.5. The number of aliphatic carboxylic acids is 1. The van der Waals surface area contributed by atoms with Crippen LogP contribution < -0.4 is 0 Å². The number of hydrogen-bond acceptors (Lipinski definition) is 3. The lowest BCUT2D eigenvalue weighted by Gasteiger charge is -2.18. The van der Waals surface area contributed by atoms with E-state index in [1.807, 2.05) is 12.2 Å². The third kappa shape index (κ3) is 8.71. The zero-order valence-corrected chi connectivity index (χ0v) is 15.6. The van der Waals surface area contributed by atoms with Crippen LogP contribution in [0.2, 0.25) is 0 Å². The second-order valence-electron chi connectivity index (χ2n) is 6.59. The zero-order chi connectivity index (χ0) is 18.5. The Kier molecular flexibility index (Phi) is 10.6. The first-order chi connectivity index (χ1) is 12.1. The second-order valence-corrected chi connectivity index (χ2v) is 6.59. The van der Waals surface area contributed by atoms with E-state index < -0.39 is 5.97 Å². The van der Waals surface area contributed by atoms with Crippen molar-refractivity contribution in [3.8, 4) is 0 Å². The Hall–Kier alpha value is -1.84. The summed E-state index contributed by atoms with van der Waals surface area (Å²) in [5.74, 6) is 1.02. The molecule has 4 heteroatoms. The van der Waals surface area contributed by atoms with E-state index in [0.717, 1.165) is 44.3 Å². The predicted octanol–water partition coefficient (Wildman–Crippen LogP) is 5.06. The summed E-state index contributed by atoms with van der Waals surface area (Å²) in [5.41, 5.74) is 0. The predicted molar refractivity (Wildman–Crippen MR) is 100 cm³/mol. The van der Waals surface area contributed by atoms with Crippen LogP contribution in [0.25, 0.3) is 0 Å². The van der Waals surface area contributed by atoms with Gasteiger partial charge in [-0.25, -0.2) is 0 Å². The van der Waals surface area contributed by atoms with E-state index in [4.69, 9.17) is 9.84 Å². The van der Waals surface area contributed by atoms with Crippen molar-refractivity contribution in [1.29, 1.82) is 0 Å². The van der Waals surface area contributed by atoms with Crippen molar-refractivity contribution < 1.29 is 19.4 Å². The first kappa shape index (κ1) is 21.2. The summed E-state index contributed by atoms with van der Waals surface area (Å²) in [6.45, 7) is 2.14. The van der Waals surface area contributed by atoms with Crippen molar-refractivity contribution in [3.63, 3.8) is 0 Å². The number of hydrogen-bond donors (Lipinski definition) is 1. The van der Waals surface area contributed by atoms with Crippen molar-refractivity contribution in [2.24, 2.45) is 11.8 Å². The molecular formula is C21H32O4. The Morgan fingerprint density at radius 2 is 2.04 bits per heavy atom. The van der Waals surface area contributed by atoms with Crippen molar-refractivity contribution in [3.05, 3.63) is 36.1 Å². The molecule has 0 aliphatic heterocycles. The highest BCUT2D eigenvalue weighted by Gasteiger charge is 2.27. The number of methoxy groups -OCH3 is 1. The third-order valence-corrected chi connectivity index (χ3v) is 4.58. The molecule has 1 aliphatic rings. The molecule has 0 spiro atoms. The molecule has 0 bridgehead atoms. The van der Waals surface area contributed by atoms with Crippen LogP contribution in [0.1, 0.15) is 64.7 Å². The fourth-order valence-corrected chi connectivity index (χ4v) is 3.11. The van der Waals surface area contributed by atoms with Gasteiger partial charge in [-0.2, -0.15) is 0 Å². The van der Waals surface area contributed by atoms with Crippen LogP contribution in [-0.4, -0.2) is 24.0 Å². The van der Waals surface area contributed by atoms with Gasteiger partial charge in [0, 0.05) is 18.8 Å². The van der Waals surface area contributed by atoms with Gasteiger partial charge in [-0.3, -0.25) is 9.59 Å². The minimum atomic E-state index is -0.748. The van der Waals surface area contributed by atoms with Crippen molar-refractivity contribution in [2.75, 3.05) is 7.11 Å². The fraction of sp³-hybridized carbons (Fsp3) is 0.619. The van der Waals surface area contributed by atoms with Gasteiger partial charge in [-0.15, -0.1) is 0 Å². The highest BCUT2D eigenvalue weighted by molar-refractivity contribution is 5.89. The SMILES string of the molecule is CCCCCC(=O)C=C[C@H]1CC=C(OC)[C@@H]1CC=CCCCC(=O)O. The summed E-state index contributed by atoms with van der Waals surface area (Å²) in [6, 6.07) is 0. The molecule has 0 aromatic heterocycles. The Morgan fingerprint density at radius 3 is 2.72 bits per heavy atom. The Labute approximate surface area is 151 Å². The molecular weight excluding hydrogens is 316 g/mol. The lowest BCUT2D eigenvalue weighted by atomic mass is 9.90. The van der Waals surface area contributed by atoms with Crippen LogP contribution in [0.4, 0.5) is 0 Å². The molecule has 1 rings (SSSR count). The molecule has 0 aromatic rings. The van der Waals surface area contributed by atoms with E-state index >= 15 is 0 Å². The van der Waals surface area contributed by atoms with Gasteiger partial charge in [0.15, 0.2) is 5.78 Å². The number of allylic oxidation sites excluding steroid dienone is 6. The molecule has 2 atom stereocenters. The van der Waals surface area contributed by atoms with Crippen LogP contribution in [0.5, 0.6) is 0 Å². The summed E-state index contributed by atoms with van der Waals surface area (Å²) >= 11 is 0. The van der Waals surface area contributed by atoms with Crippen molar-refractivity contribution in [1.82, 2.24) is 0 Å². The van der Waals surface area contributed by atoms with E-state index in [2.05, 4.69) is 19.1 Å². The summed E-state index contributed by atoms with van der Waals surface area (Å²) in [4.78, 5) is 22.4. The molecule has 0 saturated heterocycles. The summed E-state index contributed by atoms with van der Waals surface area (Å²) in [5, 5.41) is 8.63. The smallest absolute Gasteiger partial charge is 0.303 e. The summed E-state index contributed by atoms with van der Waals surface area (Å²) < 4.78 is 5.48. The Bertz CT molecular complexity index is 502. The van der Waals surface area contributed by atoms with Gasteiger partial charge in [-0.1, -0.05) is 38.0 Å². The molecule has 0 saturated carbocycles. The number of ether oxygens (including phenoxy) is 1. The number of carbonyl (C=O) groups is 2. The highest BCUT2D eigenvalue weighted by Crippen LogP contribution is 2.36. The van der Waals surface area contributed by atoms with Crippen LogP contribution in [0.15, 0.2) is 36.1 Å². The van der Waals surface area contributed by atoms with Gasteiger partial charge < -0.3 is 9.84 Å². The average molecular weight is 348 g/mol. The standard InChI is InChI=1S/C21H32O4/c1-3-4-7-10-18(22)15-13-17-14-16-20(25-2)19(17)11-8-5-6-9-12-21(23)24/h5,8,13,15-17,19H,3-4,6-7,9-12,14H2,1-2H3,(H,23,24)/t17-,19+/m0/s1. The molecule has 1 N–H and O–H groups in total. The molecule has 0 radical (unpaired) electrons. The maximum Gasteiger partial charge on any atom is 0.303 e. The summed E-state index contributed by atoms with van der Waals surface area (Å²) in [7, 11) is 1.69. The first-order valence-electron chi connectivity index (χ1n) is 9.40. The van der Waals surface area contributed by atoms with E-state index in [0.29, 0.717) is 18.8 Å². The van der Waals surface area contributed by atoms with Crippen LogP contribution in [-0.2, 0) is 14.3 Å². The topological polar surface area (TPSA) is 63.6 Å². The number of carboxylic acid groups (broad SMARTS) is 1. The largest absolute Gasteiger partial charge is 0.501 e. The van der Waals surface area contributed by atoms with Gasteiger partial charge in [0.1, 0.15) is 0 Å². The van der Waals surface area contributed by atoms with Gasteiger partial charge in [0.05, 0.1) is 12.9 Å². The number of carboxylic acids is 1. The Balaban J connectivity index is 2.46. The van der Waals surface area contributed by atoms with Crippen LogP contribution >= 0.6 is 0 Å². The maximum atomic E-state index is 11.9.